The van der Waals surface area contributed by atoms with Gasteiger partial charge in [0.25, 0.3) is 0 Å². The van der Waals surface area contributed by atoms with E-state index in [9.17, 15) is 0 Å². The van der Waals surface area contributed by atoms with E-state index < -0.39 is 0 Å². The summed E-state index contributed by atoms with van der Waals surface area (Å²) in [6.45, 7) is 7.41. The maximum absolute atomic E-state index is 5.64. The number of allylic oxidation sites excluding steroid dienone is 1. The molecule has 0 unspecified atom stereocenters. The Morgan fingerprint density at radius 2 is 1.82 bits per heavy atom. The van der Waals surface area contributed by atoms with Crippen LogP contribution in [0, 0.1) is 6.92 Å². The molecule has 0 spiro atoms. The minimum absolute atomic E-state index is 0.668. The normalized spacial score (nSPS) is 9.64. The van der Waals surface area contributed by atoms with Crippen molar-refractivity contribution < 1.29 is 0 Å². The van der Waals surface area contributed by atoms with Gasteiger partial charge in [-0.3, -0.25) is 0 Å². The molecule has 0 amide bonds. The van der Waals surface area contributed by atoms with Crippen molar-refractivity contribution in [1.29, 1.82) is 0 Å². The summed E-state index contributed by atoms with van der Waals surface area (Å²) >= 11 is 5.64. The molecule has 0 atom stereocenters. The molecule has 0 heterocycles. The van der Waals surface area contributed by atoms with E-state index >= 15 is 0 Å². The second-order valence-electron chi connectivity index (χ2n) is 2.51. The predicted molar refractivity (Wildman–Crippen MR) is 49.6 cm³/mol. The molecule has 0 bridgehead atoms. The van der Waals surface area contributed by atoms with Gasteiger partial charge in [-0.15, -0.1) is 0 Å². The van der Waals surface area contributed by atoms with Crippen LogP contribution in [-0.2, 0) is 6.42 Å². The van der Waals surface area contributed by atoms with Gasteiger partial charge in [0.05, 0.1) is 0 Å². The zero-order valence-corrected chi connectivity index (χ0v) is 7.06. The first kappa shape index (κ1) is 8.35. The Bertz CT molecular complexity index is 246. The first-order valence-corrected chi connectivity index (χ1v) is 3.80. The standard InChI is InChI=1S/C10H10Cl/c1-8-3-5-10(6-4-8)7-9(2)11/h3-6H,1-2,7H2. The molecule has 1 rings (SSSR count). The fraction of sp³-hybridized carbons (Fsp3) is 0.100. The van der Waals surface area contributed by atoms with Crippen molar-refractivity contribution in [1.82, 2.24) is 0 Å². The Labute approximate surface area is 72.5 Å². The maximum atomic E-state index is 5.64. The van der Waals surface area contributed by atoms with Gasteiger partial charge >= 0.3 is 0 Å². The highest BCUT2D eigenvalue weighted by atomic mass is 35.5. The van der Waals surface area contributed by atoms with Gasteiger partial charge in [-0.05, 0) is 18.1 Å². The lowest BCUT2D eigenvalue weighted by Crippen LogP contribution is -1.82. The summed E-state index contributed by atoms with van der Waals surface area (Å²) in [6, 6.07) is 7.95. The molecular weight excluding hydrogens is 156 g/mol. The molecule has 0 aliphatic carbocycles. The maximum Gasteiger partial charge on any atom is 0.0153 e. The summed E-state index contributed by atoms with van der Waals surface area (Å²) in [4.78, 5) is 0. The third-order valence-corrected chi connectivity index (χ3v) is 1.55. The summed E-state index contributed by atoms with van der Waals surface area (Å²) in [5.74, 6) is 0. The first-order valence-electron chi connectivity index (χ1n) is 3.42. The van der Waals surface area contributed by atoms with E-state index in [1.165, 1.54) is 5.56 Å². The monoisotopic (exact) mass is 165 g/mol. The summed E-state index contributed by atoms with van der Waals surface area (Å²) in [5, 5.41) is 0.668. The molecule has 1 heteroatoms. The van der Waals surface area contributed by atoms with Gasteiger partial charge in [0.2, 0.25) is 0 Å². The van der Waals surface area contributed by atoms with Crippen LogP contribution in [0.3, 0.4) is 0 Å². The van der Waals surface area contributed by atoms with Crippen molar-refractivity contribution in [3.8, 4) is 0 Å². The lowest BCUT2D eigenvalue weighted by atomic mass is 10.1. The van der Waals surface area contributed by atoms with E-state index in [2.05, 4.69) is 13.5 Å². The first-order chi connectivity index (χ1) is 5.18. The van der Waals surface area contributed by atoms with Gasteiger partial charge in [-0.2, -0.15) is 0 Å². The van der Waals surface area contributed by atoms with Gasteiger partial charge in [0.1, 0.15) is 0 Å². The van der Waals surface area contributed by atoms with Crippen LogP contribution >= 0.6 is 11.6 Å². The van der Waals surface area contributed by atoms with Gasteiger partial charge in [0, 0.05) is 11.5 Å². The number of hydrogen-bond acceptors (Lipinski definition) is 0. The quantitative estimate of drug-likeness (QED) is 0.632. The van der Waals surface area contributed by atoms with Crippen molar-refractivity contribution in [3.05, 3.63) is 53.9 Å². The summed E-state index contributed by atoms with van der Waals surface area (Å²) in [7, 11) is 0. The van der Waals surface area contributed by atoms with Crippen molar-refractivity contribution in [2.24, 2.45) is 0 Å². The summed E-state index contributed by atoms with van der Waals surface area (Å²) < 4.78 is 0. The van der Waals surface area contributed by atoms with E-state index in [0.29, 0.717) is 5.03 Å². The summed E-state index contributed by atoms with van der Waals surface area (Å²) in [5.41, 5.74) is 2.20. The zero-order valence-electron chi connectivity index (χ0n) is 6.31. The van der Waals surface area contributed by atoms with Gasteiger partial charge < -0.3 is 0 Å². The van der Waals surface area contributed by atoms with E-state index in [1.54, 1.807) is 0 Å². The van der Waals surface area contributed by atoms with Gasteiger partial charge in [-0.25, -0.2) is 0 Å². The van der Waals surface area contributed by atoms with Crippen LogP contribution in [0.15, 0.2) is 35.9 Å². The third-order valence-electron chi connectivity index (χ3n) is 1.42. The number of hydrogen-bond donors (Lipinski definition) is 0. The molecule has 0 N–H and O–H groups in total. The fourth-order valence-electron chi connectivity index (χ4n) is 0.879. The van der Waals surface area contributed by atoms with Crippen molar-refractivity contribution in [2.75, 3.05) is 0 Å². The highest BCUT2D eigenvalue weighted by Crippen LogP contribution is 2.10. The topological polar surface area (TPSA) is 0 Å². The minimum atomic E-state index is 0.668. The Morgan fingerprint density at radius 1 is 1.27 bits per heavy atom. The Hall–Kier alpha value is -0.750. The molecular formula is C10H10Cl. The molecule has 1 radical (unpaired) electrons. The van der Waals surface area contributed by atoms with Crippen molar-refractivity contribution in [3.63, 3.8) is 0 Å². The Morgan fingerprint density at radius 3 is 2.27 bits per heavy atom. The number of benzene rings is 1. The van der Waals surface area contributed by atoms with Crippen LogP contribution in [0.25, 0.3) is 0 Å². The molecule has 1 aromatic rings. The molecule has 0 saturated heterocycles. The SMILES string of the molecule is [CH2]c1ccc(CC(=C)Cl)cc1. The molecule has 0 nitrogen and oxygen atoms in total. The van der Waals surface area contributed by atoms with E-state index in [1.807, 2.05) is 24.3 Å². The molecule has 1 aromatic carbocycles. The van der Waals surface area contributed by atoms with Crippen LogP contribution in [0.2, 0.25) is 0 Å². The lowest BCUT2D eigenvalue weighted by Gasteiger charge is -1.98. The average molecular weight is 166 g/mol. The molecule has 0 saturated carbocycles. The third kappa shape index (κ3) is 2.77. The van der Waals surface area contributed by atoms with E-state index in [4.69, 9.17) is 11.6 Å². The predicted octanol–water partition coefficient (Wildman–Crippen LogP) is 3.16. The number of rotatable bonds is 2. The second kappa shape index (κ2) is 3.59. The highest BCUT2D eigenvalue weighted by Gasteiger charge is 1.92. The Balaban J connectivity index is 2.74. The molecule has 0 fully saturated rings. The van der Waals surface area contributed by atoms with Crippen LogP contribution in [0.1, 0.15) is 11.1 Å². The van der Waals surface area contributed by atoms with E-state index in [-0.39, 0.29) is 0 Å². The van der Waals surface area contributed by atoms with Crippen molar-refractivity contribution in [2.45, 2.75) is 6.42 Å². The molecule has 0 aliphatic rings. The number of halogens is 1. The largest absolute Gasteiger partial charge is 0.0894 e. The molecule has 11 heavy (non-hydrogen) atoms. The smallest absolute Gasteiger partial charge is 0.0153 e. The molecule has 0 aliphatic heterocycles. The molecule has 0 aromatic heterocycles. The fourth-order valence-corrected chi connectivity index (χ4v) is 1.03. The zero-order chi connectivity index (χ0) is 8.27. The Kier molecular flexibility index (Phi) is 2.72. The van der Waals surface area contributed by atoms with Crippen LogP contribution < -0.4 is 0 Å². The molecule has 57 valence electrons. The minimum Gasteiger partial charge on any atom is -0.0894 e. The second-order valence-corrected chi connectivity index (χ2v) is 3.05. The van der Waals surface area contributed by atoms with Gasteiger partial charge in [-0.1, -0.05) is 42.4 Å². The van der Waals surface area contributed by atoms with Crippen molar-refractivity contribution >= 4 is 11.6 Å². The summed E-state index contributed by atoms with van der Waals surface area (Å²) in [6.07, 6.45) is 0.738. The highest BCUT2D eigenvalue weighted by molar-refractivity contribution is 6.29. The van der Waals surface area contributed by atoms with Crippen LogP contribution in [0.5, 0.6) is 0 Å². The van der Waals surface area contributed by atoms with Crippen LogP contribution in [-0.4, -0.2) is 0 Å². The van der Waals surface area contributed by atoms with Crippen LogP contribution in [0.4, 0.5) is 0 Å². The van der Waals surface area contributed by atoms with Gasteiger partial charge in [0.15, 0.2) is 0 Å². The average Bonchev–Trinajstić information content (AvgIpc) is 1.93. The lowest BCUT2D eigenvalue weighted by molar-refractivity contribution is 1.25. The van der Waals surface area contributed by atoms with E-state index in [0.717, 1.165) is 12.0 Å².